The van der Waals surface area contributed by atoms with Crippen molar-refractivity contribution >= 4 is 19.7 Å². The van der Waals surface area contributed by atoms with E-state index in [-0.39, 0.29) is 24.9 Å². The van der Waals surface area contributed by atoms with E-state index in [2.05, 4.69) is 99.0 Å². The number of nitrogens with zero attached hydrogens (tertiary/aromatic N) is 1. The van der Waals surface area contributed by atoms with Gasteiger partial charge in [0.05, 0.1) is 33.8 Å². The van der Waals surface area contributed by atoms with Crippen LogP contribution < -0.4 is 10.2 Å². The van der Waals surface area contributed by atoms with Crippen molar-refractivity contribution in [2.24, 2.45) is 0 Å². The highest BCUT2D eigenvalue weighted by Gasteiger charge is 2.27. The number of ether oxygens (including phenoxy) is 1. The normalized spacial score (nSPS) is 14.0. The average Bonchev–Trinajstić information content (AvgIpc) is 3.67. The standard InChI is InChI=1S/C76H139N2O7P/c1-7-10-13-16-19-22-25-28-30-32-34-36-37-38-39-40-41-43-44-46-48-50-53-56-59-62-65-68-75(79)77-73(72-84-86(81,82)83-71-70-78(4,5)6)74(67-64-61-58-55-52-27-24-21-18-15-12-9-3)85-76(80)69-66-63-60-57-54-51-49-47-45-42-35-33-31-29-26-23-20-17-14-11-8-2/h10,13,19,22,28,30,34,36,38-39,41,43,64,67,73-74H,7-9,11-12,14-18,20-21,23-27,29,31-33,35,37,40,42,44-63,65-66,68-72H2,1-6H3,(H-,77,79,81,82)/b13-10-,22-19-,30-28-,36-34-,39-38-,43-41-,67-64-. The van der Waals surface area contributed by atoms with Gasteiger partial charge in [-0.25, -0.2) is 0 Å². The number of carbonyl (C=O) groups is 2. The van der Waals surface area contributed by atoms with Gasteiger partial charge in [0.2, 0.25) is 5.91 Å². The molecule has 10 heteroatoms. The van der Waals surface area contributed by atoms with Crippen LogP contribution in [0.4, 0.5) is 0 Å². The van der Waals surface area contributed by atoms with Gasteiger partial charge in [-0.05, 0) is 83.1 Å². The number of phosphoric acid groups is 1. The maximum atomic E-state index is 13.6. The Morgan fingerprint density at radius 3 is 1.12 bits per heavy atom. The molecule has 3 unspecified atom stereocenters. The fourth-order valence-electron chi connectivity index (χ4n) is 10.5. The summed E-state index contributed by atoms with van der Waals surface area (Å²) in [6.45, 7) is 6.76. The molecule has 0 fully saturated rings. The second-order valence-electron chi connectivity index (χ2n) is 25.7. The molecule has 0 bridgehead atoms. The minimum Gasteiger partial charge on any atom is -0.756 e. The summed E-state index contributed by atoms with van der Waals surface area (Å²) in [7, 11) is 1.18. The number of hydrogen-bond acceptors (Lipinski definition) is 7. The average molecular weight is 1220 g/mol. The Hall–Kier alpha value is -2.81. The number of likely N-dealkylation sites (N-methyl/N-ethyl adjacent to an activating group) is 1. The first kappa shape index (κ1) is 83.2. The Bertz CT molecular complexity index is 1750. The van der Waals surface area contributed by atoms with Gasteiger partial charge in [0.1, 0.15) is 19.3 Å². The molecular formula is C76H139N2O7P. The monoisotopic (exact) mass is 1220 g/mol. The van der Waals surface area contributed by atoms with Gasteiger partial charge in [-0.15, -0.1) is 0 Å². The number of carbonyl (C=O) groups excluding carboxylic acids is 2. The molecule has 0 radical (unpaired) electrons. The first-order valence-electron chi connectivity index (χ1n) is 36.4. The van der Waals surface area contributed by atoms with Crippen molar-refractivity contribution in [3.05, 3.63) is 85.1 Å². The number of amides is 1. The largest absolute Gasteiger partial charge is 0.756 e. The lowest BCUT2D eigenvalue weighted by Gasteiger charge is -2.30. The second-order valence-corrected chi connectivity index (χ2v) is 27.1. The van der Waals surface area contributed by atoms with Gasteiger partial charge in [-0.3, -0.25) is 14.2 Å². The van der Waals surface area contributed by atoms with Gasteiger partial charge in [-0.1, -0.05) is 324 Å². The minimum atomic E-state index is -4.71. The van der Waals surface area contributed by atoms with E-state index in [4.69, 9.17) is 13.8 Å². The number of nitrogens with one attached hydrogen (secondary N) is 1. The molecule has 0 aromatic carbocycles. The number of allylic oxidation sites excluding steroid dienone is 13. The summed E-state index contributed by atoms with van der Waals surface area (Å²) in [5.41, 5.74) is 0. The minimum absolute atomic E-state index is 0.0255. The van der Waals surface area contributed by atoms with Crippen LogP contribution in [0.3, 0.4) is 0 Å². The van der Waals surface area contributed by atoms with Gasteiger partial charge >= 0.3 is 5.97 Å². The van der Waals surface area contributed by atoms with Crippen molar-refractivity contribution in [3.63, 3.8) is 0 Å². The molecule has 0 rings (SSSR count). The Morgan fingerprint density at radius 2 is 0.744 bits per heavy atom. The third-order valence-electron chi connectivity index (χ3n) is 16.1. The number of esters is 1. The van der Waals surface area contributed by atoms with Crippen LogP contribution in [-0.2, 0) is 27.9 Å². The zero-order valence-corrected chi connectivity index (χ0v) is 58.2. The van der Waals surface area contributed by atoms with Crippen LogP contribution in [0.2, 0.25) is 0 Å². The lowest BCUT2D eigenvalue weighted by atomic mass is 10.0. The molecule has 0 saturated heterocycles. The van der Waals surface area contributed by atoms with Crippen molar-refractivity contribution in [1.29, 1.82) is 0 Å². The van der Waals surface area contributed by atoms with Gasteiger partial charge in [0, 0.05) is 12.8 Å². The van der Waals surface area contributed by atoms with Gasteiger partial charge in [0.15, 0.2) is 0 Å². The van der Waals surface area contributed by atoms with Crippen LogP contribution in [0.1, 0.15) is 335 Å². The molecule has 1 amide bonds. The molecule has 0 aliphatic carbocycles. The Labute approximate surface area is 533 Å². The zero-order chi connectivity index (χ0) is 62.8. The summed E-state index contributed by atoms with van der Waals surface area (Å²) in [5.74, 6) is -0.540. The van der Waals surface area contributed by atoms with Gasteiger partial charge in [0.25, 0.3) is 7.82 Å². The maximum Gasteiger partial charge on any atom is 0.306 e. The molecule has 1 N–H and O–H groups in total. The fourth-order valence-corrected chi connectivity index (χ4v) is 11.3. The van der Waals surface area contributed by atoms with E-state index in [1.165, 1.54) is 193 Å². The molecule has 9 nitrogen and oxygen atoms in total. The SMILES string of the molecule is CC/C=C\C/C=C\C/C=C\C/C=C\C/C=C\C/C=C\CCCCCCCCCCC(=O)NC(COP(=O)([O-])OCC[N+](C)(C)C)C(/C=C\CCCCCCCCCCCC)OC(=O)CCCCCCCCCCCCCCCCCCCCCCC. The summed E-state index contributed by atoms with van der Waals surface area (Å²) < 4.78 is 30.5. The lowest BCUT2D eigenvalue weighted by molar-refractivity contribution is -0.870. The van der Waals surface area contributed by atoms with Gasteiger partial charge < -0.3 is 28.5 Å². The molecule has 0 aromatic heterocycles. The summed E-state index contributed by atoms with van der Waals surface area (Å²) in [6.07, 6.45) is 87.1. The Kier molecular flexibility index (Phi) is 63.0. The molecule has 0 saturated carbocycles. The van der Waals surface area contributed by atoms with Crippen LogP contribution in [0.25, 0.3) is 0 Å². The van der Waals surface area contributed by atoms with Crippen molar-refractivity contribution in [2.75, 3.05) is 40.9 Å². The van der Waals surface area contributed by atoms with Crippen LogP contribution in [0.5, 0.6) is 0 Å². The first-order chi connectivity index (χ1) is 41.9. The van der Waals surface area contributed by atoms with Crippen LogP contribution in [-0.4, -0.2) is 69.4 Å². The predicted molar refractivity (Wildman–Crippen MR) is 371 cm³/mol. The van der Waals surface area contributed by atoms with E-state index in [1.807, 2.05) is 33.3 Å². The van der Waals surface area contributed by atoms with Crippen molar-refractivity contribution < 1.29 is 37.3 Å². The molecule has 0 heterocycles. The summed E-state index contributed by atoms with van der Waals surface area (Å²) in [5, 5.41) is 3.04. The second kappa shape index (κ2) is 65.2. The molecule has 3 atom stereocenters. The van der Waals surface area contributed by atoms with E-state index >= 15 is 0 Å². The van der Waals surface area contributed by atoms with Crippen molar-refractivity contribution in [3.8, 4) is 0 Å². The third kappa shape index (κ3) is 65.6. The molecule has 0 aromatic rings. The molecule has 0 spiro atoms. The number of phosphoric ester groups is 1. The van der Waals surface area contributed by atoms with Gasteiger partial charge in [-0.2, -0.15) is 0 Å². The third-order valence-corrected chi connectivity index (χ3v) is 17.1. The maximum absolute atomic E-state index is 13.6. The van der Waals surface area contributed by atoms with Crippen molar-refractivity contribution in [1.82, 2.24) is 5.32 Å². The number of rotatable bonds is 66. The quantitative estimate of drug-likeness (QED) is 0.0212. The molecule has 0 aliphatic heterocycles. The number of unbranched alkanes of at least 4 members (excludes halogenated alkanes) is 38. The summed E-state index contributed by atoms with van der Waals surface area (Å²) >= 11 is 0. The smallest absolute Gasteiger partial charge is 0.306 e. The highest BCUT2D eigenvalue weighted by Crippen LogP contribution is 2.38. The van der Waals surface area contributed by atoms with Crippen molar-refractivity contribution in [2.45, 2.75) is 348 Å². The molecule has 86 heavy (non-hydrogen) atoms. The van der Waals surface area contributed by atoms with Crippen LogP contribution in [0, 0.1) is 0 Å². The van der Waals surface area contributed by atoms with Crippen LogP contribution in [0.15, 0.2) is 85.1 Å². The molecular weight excluding hydrogens is 1080 g/mol. The van der Waals surface area contributed by atoms with E-state index in [9.17, 15) is 19.0 Å². The van der Waals surface area contributed by atoms with E-state index < -0.39 is 26.6 Å². The Morgan fingerprint density at radius 1 is 0.419 bits per heavy atom. The van der Waals surface area contributed by atoms with E-state index in [0.717, 1.165) is 109 Å². The highest BCUT2D eigenvalue weighted by atomic mass is 31.2. The topological polar surface area (TPSA) is 114 Å². The lowest BCUT2D eigenvalue weighted by Crippen LogP contribution is -2.47. The van der Waals surface area contributed by atoms with Crippen LogP contribution >= 0.6 is 7.82 Å². The molecule has 500 valence electrons. The first-order valence-corrected chi connectivity index (χ1v) is 37.9. The number of quaternary nitrogens is 1. The summed E-state index contributed by atoms with van der Waals surface area (Å²) in [6, 6.07) is -0.896. The Balaban J connectivity index is 5.05. The van der Waals surface area contributed by atoms with E-state index in [0.29, 0.717) is 17.4 Å². The number of hydrogen-bond donors (Lipinski definition) is 1. The molecule has 0 aliphatic rings. The fraction of sp³-hybridized carbons (Fsp3) is 0.789. The zero-order valence-electron chi connectivity index (χ0n) is 57.3. The van der Waals surface area contributed by atoms with E-state index in [1.54, 1.807) is 0 Å². The highest BCUT2D eigenvalue weighted by molar-refractivity contribution is 7.45. The predicted octanol–water partition coefficient (Wildman–Crippen LogP) is 22.7. The summed E-state index contributed by atoms with van der Waals surface area (Å²) in [4.78, 5) is 40.2.